The van der Waals surface area contributed by atoms with Crippen molar-refractivity contribution in [2.24, 2.45) is 5.92 Å². The lowest BCUT2D eigenvalue weighted by atomic mass is 10.0. The highest BCUT2D eigenvalue weighted by Gasteiger charge is 2.43. The summed E-state index contributed by atoms with van der Waals surface area (Å²) in [7, 11) is 0. The van der Waals surface area contributed by atoms with E-state index in [0.29, 0.717) is 11.5 Å². The Morgan fingerprint density at radius 1 is 1.31 bits per heavy atom. The predicted molar refractivity (Wildman–Crippen MR) is 114 cm³/mol. The van der Waals surface area contributed by atoms with E-state index in [1.54, 1.807) is 20.0 Å². The molecule has 0 bridgehead atoms. The number of amides is 2. The molecule has 3 rings (SSSR count). The van der Waals surface area contributed by atoms with Crippen LogP contribution in [0.1, 0.15) is 25.7 Å². The second kappa shape index (κ2) is 9.49. The topological polar surface area (TPSA) is 102 Å². The van der Waals surface area contributed by atoms with Gasteiger partial charge in [-0.25, -0.2) is 9.78 Å². The summed E-state index contributed by atoms with van der Waals surface area (Å²) in [6.45, 7) is 1.76. The second-order valence-electron chi connectivity index (χ2n) is 7.95. The molecule has 0 aliphatic carbocycles. The Labute approximate surface area is 190 Å². The fourth-order valence-corrected chi connectivity index (χ4v) is 3.91. The van der Waals surface area contributed by atoms with Crippen molar-refractivity contribution in [3.63, 3.8) is 0 Å². The maximum absolute atomic E-state index is 13.2. The zero-order valence-corrected chi connectivity index (χ0v) is 18.9. The van der Waals surface area contributed by atoms with E-state index in [1.807, 2.05) is 24.3 Å². The number of alkyl halides is 3. The zero-order valence-electron chi connectivity index (χ0n) is 17.4. The van der Waals surface area contributed by atoms with Gasteiger partial charge in [0.2, 0.25) is 5.91 Å². The van der Waals surface area contributed by atoms with Crippen LogP contribution in [0.2, 0.25) is 0 Å². The Balaban J connectivity index is 1.90. The number of carboxylic acid groups (broad SMARTS) is 1. The largest absolute Gasteiger partial charge is 0.465 e. The maximum Gasteiger partial charge on any atom is 0.405 e. The van der Waals surface area contributed by atoms with E-state index in [1.165, 1.54) is 4.90 Å². The lowest BCUT2D eigenvalue weighted by Gasteiger charge is -2.29. The molecular formula is C20H23BrF3N5O3. The molecular weight excluding hydrogens is 495 g/mol. The average molecular weight is 518 g/mol. The van der Waals surface area contributed by atoms with Gasteiger partial charge in [0.05, 0.1) is 25.1 Å². The number of nitrogens with zero attached hydrogens (tertiary/aromatic N) is 3. The van der Waals surface area contributed by atoms with Crippen molar-refractivity contribution in [3.8, 4) is 11.3 Å². The van der Waals surface area contributed by atoms with Crippen molar-refractivity contribution in [2.45, 2.75) is 32.1 Å². The summed E-state index contributed by atoms with van der Waals surface area (Å²) < 4.78 is 39.9. The number of aromatic nitrogens is 2. The number of hydrogen-bond donors (Lipinski definition) is 3. The number of carbonyl (C=O) groups is 2. The summed E-state index contributed by atoms with van der Waals surface area (Å²) in [5.41, 5.74) is 1.47. The lowest BCUT2D eigenvalue weighted by Crippen LogP contribution is -2.51. The van der Waals surface area contributed by atoms with E-state index < -0.39 is 42.7 Å². The monoisotopic (exact) mass is 517 g/mol. The molecule has 2 unspecified atom stereocenters. The number of rotatable bonds is 6. The summed E-state index contributed by atoms with van der Waals surface area (Å²) in [4.78, 5) is 34.1. The molecule has 2 aromatic rings. The van der Waals surface area contributed by atoms with Gasteiger partial charge in [-0.3, -0.25) is 9.69 Å². The number of nitrogens with one attached hydrogen (secondary N) is 2. The Morgan fingerprint density at radius 2 is 1.97 bits per heavy atom. The van der Waals surface area contributed by atoms with E-state index in [2.05, 4.69) is 31.2 Å². The molecule has 1 aliphatic rings. The highest BCUT2D eigenvalue weighted by Crippen LogP contribution is 2.31. The van der Waals surface area contributed by atoms with Crippen molar-refractivity contribution >= 4 is 27.9 Å². The van der Waals surface area contributed by atoms with Crippen LogP contribution in [0.4, 0.5) is 18.0 Å². The Hall–Kier alpha value is -2.60. The number of H-pyrrole nitrogens is 1. The third kappa shape index (κ3) is 5.80. The van der Waals surface area contributed by atoms with E-state index in [0.717, 1.165) is 14.9 Å². The first-order chi connectivity index (χ1) is 14.9. The van der Waals surface area contributed by atoms with Gasteiger partial charge in [0, 0.05) is 11.0 Å². The van der Waals surface area contributed by atoms with Crippen LogP contribution in [0.25, 0.3) is 11.3 Å². The van der Waals surface area contributed by atoms with Gasteiger partial charge in [-0.05, 0) is 23.6 Å². The highest BCUT2D eigenvalue weighted by molar-refractivity contribution is 9.10. The molecule has 0 spiro atoms. The number of benzene rings is 1. The Bertz CT molecular complexity index is 964. The van der Waals surface area contributed by atoms with Gasteiger partial charge in [0.15, 0.2) is 0 Å². The molecule has 1 aromatic carbocycles. The normalized spacial score (nSPS) is 18.2. The van der Waals surface area contributed by atoms with Gasteiger partial charge < -0.3 is 20.3 Å². The molecule has 1 aliphatic heterocycles. The number of carbonyl (C=O) groups excluding carboxylic acids is 1. The average Bonchev–Trinajstić information content (AvgIpc) is 3.31. The summed E-state index contributed by atoms with van der Waals surface area (Å²) in [6, 6.07) is 5.50. The summed E-state index contributed by atoms with van der Waals surface area (Å²) in [5, 5.41) is 11.3. The predicted octanol–water partition coefficient (Wildman–Crippen LogP) is 3.84. The van der Waals surface area contributed by atoms with E-state index in [-0.39, 0.29) is 13.2 Å². The van der Waals surface area contributed by atoms with Gasteiger partial charge in [-0.1, -0.05) is 41.9 Å². The van der Waals surface area contributed by atoms with E-state index in [9.17, 15) is 22.8 Å². The van der Waals surface area contributed by atoms with Crippen LogP contribution in [0.15, 0.2) is 34.9 Å². The van der Waals surface area contributed by atoms with Crippen LogP contribution in [0.5, 0.6) is 0 Å². The molecule has 174 valence electrons. The molecule has 1 aromatic heterocycles. The molecule has 2 heterocycles. The van der Waals surface area contributed by atoms with Crippen molar-refractivity contribution < 1.29 is 27.9 Å². The first-order valence-corrected chi connectivity index (χ1v) is 10.6. The molecule has 0 saturated carbocycles. The van der Waals surface area contributed by atoms with Crippen LogP contribution >= 0.6 is 15.9 Å². The minimum Gasteiger partial charge on any atom is -0.465 e. The molecule has 0 radical (unpaired) electrons. The van der Waals surface area contributed by atoms with Crippen molar-refractivity contribution in [1.82, 2.24) is 25.1 Å². The van der Waals surface area contributed by atoms with Crippen molar-refractivity contribution in [3.05, 3.63) is 40.8 Å². The number of aromatic amines is 1. The van der Waals surface area contributed by atoms with Gasteiger partial charge in [-0.2, -0.15) is 13.2 Å². The third-order valence-corrected chi connectivity index (χ3v) is 5.65. The number of imidazole rings is 1. The van der Waals surface area contributed by atoms with E-state index in [4.69, 9.17) is 5.11 Å². The maximum atomic E-state index is 13.2. The van der Waals surface area contributed by atoms with Crippen molar-refractivity contribution in [1.29, 1.82) is 0 Å². The van der Waals surface area contributed by atoms with Crippen LogP contribution in [-0.2, 0) is 4.79 Å². The molecule has 2 atom stereocenters. The van der Waals surface area contributed by atoms with Gasteiger partial charge in [0.1, 0.15) is 17.9 Å². The first-order valence-electron chi connectivity index (χ1n) is 9.84. The SMILES string of the molecule is CC(C)C(NC(=O)O)C(=O)N1CN(CC(F)(F)F)CC1c1ncc(-c2ccc(Br)cc2)[nH]1. The van der Waals surface area contributed by atoms with Gasteiger partial charge in [0.25, 0.3) is 0 Å². The third-order valence-electron chi connectivity index (χ3n) is 5.12. The minimum absolute atomic E-state index is 0.0869. The molecule has 32 heavy (non-hydrogen) atoms. The fourth-order valence-electron chi connectivity index (χ4n) is 3.65. The van der Waals surface area contributed by atoms with Crippen LogP contribution in [0, 0.1) is 5.92 Å². The summed E-state index contributed by atoms with van der Waals surface area (Å²) in [6.07, 6.45) is -4.26. The van der Waals surface area contributed by atoms with Gasteiger partial charge in [-0.15, -0.1) is 0 Å². The summed E-state index contributed by atoms with van der Waals surface area (Å²) in [5.74, 6) is -0.664. The molecule has 12 heteroatoms. The molecule has 2 amide bonds. The van der Waals surface area contributed by atoms with Crippen LogP contribution in [-0.4, -0.2) is 68.9 Å². The molecule has 3 N–H and O–H groups in total. The Kier molecular flexibility index (Phi) is 7.13. The minimum atomic E-state index is -4.44. The smallest absolute Gasteiger partial charge is 0.405 e. The second-order valence-corrected chi connectivity index (χ2v) is 8.87. The standard InChI is InChI=1S/C20H23BrF3N5O3/c1-11(2)16(27-19(31)32)18(30)29-10-28(9-20(22,23)24)8-15(29)17-25-7-14(26-17)12-3-5-13(21)6-4-12/h3-7,11,15-16,27H,8-10H2,1-2H3,(H,25,26)(H,31,32). The quantitative estimate of drug-likeness (QED) is 0.540. The van der Waals surface area contributed by atoms with Crippen molar-refractivity contribution in [2.75, 3.05) is 19.8 Å². The van der Waals surface area contributed by atoms with Gasteiger partial charge >= 0.3 is 12.3 Å². The first kappa shape index (κ1) is 24.1. The molecule has 1 saturated heterocycles. The number of hydrogen-bond acceptors (Lipinski definition) is 4. The van der Waals surface area contributed by atoms with Crippen LogP contribution in [0.3, 0.4) is 0 Å². The number of halogens is 4. The fraction of sp³-hybridized carbons (Fsp3) is 0.450. The Morgan fingerprint density at radius 3 is 2.53 bits per heavy atom. The highest BCUT2D eigenvalue weighted by atomic mass is 79.9. The summed E-state index contributed by atoms with van der Waals surface area (Å²) >= 11 is 3.36. The lowest BCUT2D eigenvalue weighted by molar-refractivity contribution is -0.148. The molecule has 1 fully saturated rings. The van der Waals surface area contributed by atoms with E-state index >= 15 is 0 Å². The molecule has 8 nitrogen and oxygen atoms in total. The van der Waals surface area contributed by atoms with Crippen LogP contribution < -0.4 is 5.32 Å². The zero-order chi connectivity index (χ0) is 23.6.